The molecule has 0 radical (unpaired) electrons. The summed E-state index contributed by atoms with van der Waals surface area (Å²) in [7, 11) is 0. The highest BCUT2D eigenvalue weighted by Crippen LogP contribution is 2.19. The van der Waals surface area contributed by atoms with Gasteiger partial charge < -0.3 is 15.4 Å². The molecule has 1 aliphatic rings. The van der Waals surface area contributed by atoms with Gasteiger partial charge in [-0.1, -0.05) is 12.1 Å². The average Bonchev–Trinajstić information content (AvgIpc) is 3.05. The summed E-state index contributed by atoms with van der Waals surface area (Å²) >= 11 is 0. The molecule has 1 fully saturated rings. The molecule has 1 aliphatic heterocycles. The largest absolute Gasteiger partial charge is 0.376 e. The molecule has 0 spiro atoms. The normalized spacial score (nSPS) is 16.8. The van der Waals surface area contributed by atoms with Crippen molar-refractivity contribution in [2.45, 2.75) is 32.8 Å². The van der Waals surface area contributed by atoms with E-state index in [-0.39, 0.29) is 12.0 Å². The van der Waals surface area contributed by atoms with Crippen LogP contribution < -0.4 is 10.6 Å². The van der Waals surface area contributed by atoms with Gasteiger partial charge in [0.05, 0.1) is 17.4 Å². The van der Waals surface area contributed by atoms with E-state index in [1.165, 1.54) is 0 Å². The number of carbonyl (C=O) groups excluding carboxylic acids is 1. The zero-order chi connectivity index (χ0) is 16.9. The van der Waals surface area contributed by atoms with Crippen molar-refractivity contribution in [1.82, 2.24) is 15.3 Å². The molecule has 6 nitrogen and oxygen atoms in total. The fraction of sp³-hybridized carbons (Fsp3) is 0.389. The van der Waals surface area contributed by atoms with Crippen molar-refractivity contribution < 1.29 is 9.53 Å². The molecule has 1 aromatic carbocycles. The summed E-state index contributed by atoms with van der Waals surface area (Å²) in [5, 5.41) is 6.09. The standard InChI is InChI=1S/C18H22N4O2/c1-12-10-13(2)21-18(20-12)22-16-8-4-3-7-15(16)17(23)19-11-14-6-5-9-24-14/h3-4,7-8,10,14H,5-6,9,11H2,1-2H3,(H,19,23)(H,20,21,22)/t14-/m0/s1. The van der Waals surface area contributed by atoms with E-state index >= 15 is 0 Å². The second-order valence-electron chi connectivity index (χ2n) is 5.99. The predicted molar refractivity (Wildman–Crippen MR) is 92.5 cm³/mol. The van der Waals surface area contributed by atoms with E-state index in [4.69, 9.17) is 4.74 Å². The van der Waals surface area contributed by atoms with Crippen molar-refractivity contribution in [2.75, 3.05) is 18.5 Å². The Balaban J connectivity index is 1.73. The van der Waals surface area contributed by atoms with Crippen LogP contribution in [0.15, 0.2) is 30.3 Å². The lowest BCUT2D eigenvalue weighted by Crippen LogP contribution is -2.32. The van der Waals surface area contributed by atoms with E-state index in [1.54, 1.807) is 6.07 Å². The molecule has 1 atom stereocenters. The van der Waals surface area contributed by atoms with Crippen LogP contribution >= 0.6 is 0 Å². The lowest BCUT2D eigenvalue weighted by atomic mass is 10.1. The van der Waals surface area contributed by atoms with Crippen LogP contribution in [-0.2, 0) is 4.74 Å². The van der Waals surface area contributed by atoms with Crippen molar-refractivity contribution in [2.24, 2.45) is 0 Å². The van der Waals surface area contributed by atoms with Crippen LogP contribution in [0.2, 0.25) is 0 Å². The number of hydrogen-bond donors (Lipinski definition) is 2. The Morgan fingerprint density at radius 1 is 1.25 bits per heavy atom. The zero-order valence-corrected chi connectivity index (χ0v) is 14.0. The third kappa shape index (κ3) is 4.08. The van der Waals surface area contributed by atoms with Crippen LogP contribution in [0.3, 0.4) is 0 Å². The summed E-state index contributed by atoms with van der Waals surface area (Å²) < 4.78 is 5.54. The van der Waals surface area contributed by atoms with E-state index < -0.39 is 0 Å². The van der Waals surface area contributed by atoms with Gasteiger partial charge in [0, 0.05) is 24.5 Å². The van der Waals surface area contributed by atoms with Gasteiger partial charge in [-0.05, 0) is 44.9 Å². The first-order valence-electron chi connectivity index (χ1n) is 8.20. The number of nitrogens with zero attached hydrogens (tertiary/aromatic N) is 2. The lowest BCUT2D eigenvalue weighted by molar-refractivity contribution is 0.0858. The van der Waals surface area contributed by atoms with Gasteiger partial charge in [0.1, 0.15) is 0 Å². The lowest BCUT2D eigenvalue weighted by Gasteiger charge is -2.14. The molecule has 2 heterocycles. The molecular weight excluding hydrogens is 304 g/mol. The number of para-hydroxylation sites is 1. The monoisotopic (exact) mass is 326 g/mol. The molecule has 2 aromatic rings. The third-order valence-electron chi connectivity index (χ3n) is 3.91. The van der Waals surface area contributed by atoms with Crippen molar-refractivity contribution in [3.8, 4) is 0 Å². The number of ether oxygens (including phenoxy) is 1. The summed E-state index contributed by atoms with van der Waals surface area (Å²) in [6.45, 7) is 5.15. The molecule has 0 bridgehead atoms. The van der Waals surface area contributed by atoms with E-state index in [0.29, 0.717) is 23.7 Å². The minimum atomic E-state index is -0.127. The van der Waals surface area contributed by atoms with Gasteiger partial charge in [-0.2, -0.15) is 0 Å². The summed E-state index contributed by atoms with van der Waals surface area (Å²) in [5.74, 6) is 0.366. The number of amides is 1. The van der Waals surface area contributed by atoms with E-state index in [1.807, 2.05) is 38.1 Å². The van der Waals surface area contributed by atoms with Crippen LogP contribution in [0, 0.1) is 13.8 Å². The van der Waals surface area contributed by atoms with Gasteiger partial charge in [-0.3, -0.25) is 4.79 Å². The van der Waals surface area contributed by atoms with Gasteiger partial charge in [0.2, 0.25) is 5.95 Å². The fourth-order valence-corrected chi connectivity index (χ4v) is 2.80. The van der Waals surface area contributed by atoms with E-state index in [0.717, 1.165) is 30.8 Å². The number of aryl methyl sites for hydroxylation is 2. The van der Waals surface area contributed by atoms with Crippen molar-refractivity contribution in [3.63, 3.8) is 0 Å². The maximum Gasteiger partial charge on any atom is 0.253 e. The van der Waals surface area contributed by atoms with Gasteiger partial charge in [0.25, 0.3) is 5.91 Å². The molecule has 1 aromatic heterocycles. The Bertz CT molecular complexity index is 706. The topological polar surface area (TPSA) is 76.1 Å². The zero-order valence-electron chi connectivity index (χ0n) is 14.0. The van der Waals surface area contributed by atoms with Gasteiger partial charge in [-0.25, -0.2) is 9.97 Å². The first-order valence-corrected chi connectivity index (χ1v) is 8.20. The van der Waals surface area contributed by atoms with Gasteiger partial charge >= 0.3 is 0 Å². The quantitative estimate of drug-likeness (QED) is 0.883. The molecule has 2 N–H and O–H groups in total. The number of nitrogens with one attached hydrogen (secondary N) is 2. The van der Waals surface area contributed by atoms with Crippen molar-refractivity contribution in [1.29, 1.82) is 0 Å². The minimum absolute atomic E-state index is 0.122. The summed E-state index contributed by atoms with van der Waals surface area (Å²) in [5.41, 5.74) is 3.02. The molecule has 6 heteroatoms. The Labute approximate surface area is 141 Å². The Kier molecular flexibility index (Phi) is 5.05. The molecule has 1 saturated heterocycles. The molecule has 24 heavy (non-hydrogen) atoms. The van der Waals surface area contributed by atoms with Crippen LogP contribution in [-0.4, -0.2) is 35.1 Å². The van der Waals surface area contributed by atoms with Crippen LogP contribution in [0.5, 0.6) is 0 Å². The van der Waals surface area contributed by atoms with Crippen LogP contribution in [0.4, 0.5) is 11.6 Å². The number of rotatable bonds is 5. The van der Waals surface area contributed by atoms with Crippen LogP contribution in [0.1, 0.15) is 34.6 Å². The highest BCUT2D eigenvalue weighted by Gasteiger charge is 2.18. The molecule has 0 aliphatic carbocycles. The highest BCUT2D eigenvalue weighted by atomic mass is 16.5. The fourth-order valence-electron chi connectivity index (χ4n) is 2.80. The minimum Gasteiger partial charge on any atom is -0.376 e. The van der Waals surface area contributed by atoms with Crippen LogP contribution in [0.25, 0.3) is 0 Å². The van der Waals surface area contributed by atoms with Gasteiger partial charge in [0.15, 0.2) is 0 Å². The molecule has 0 saturated carbocycles. The SMILES string of the molecule is Cc1cc(C)nc(Nc2ccccc2C(=O)NC[C@@H]2CCCO2)n1. The maximum absolute atomic E-state index is 12.5. The highest BCUT2D eigenvalue weighted by molar-refractivity contribution is 6.00. The molecular formula is C18H22N4O2. The predicted octanol–water partition coefficient (Wildman–Crippen LogP) is 2.75. The number of benzene rings is 1. The van der Waals surface area contributed by atoms with Crippen molar-refractivity contribution in [3.05, 3.63) is 47.3 Å². The average molecular weight is 326 g/mol. The van der Waals surface area contributed by atoms with E-state index in [2.05, 4.69) is 20.6 Å². The van der Waals surface area contributed by atoms with Gasteiger partial charge in [-0.15, -0.1) is 0 Å². The van der Waals surface area contributed by atoms with Crippen molar-refractivity contribution >= 4 is 17.5 Å². The second-order valence-corrected chi connectivity index (χ2v) is 5.99. The summed E-state index contributed by atoms with van der Waals surface area (Å²) in [4.78, 5) is 21.2. The molecule has 3 rings (SSSR count). The molecule has 126 valence electrons. The molecule has 1 amide bonds. The maximum atomic E-state index is 12.5. The molecule has 0 unspecified atom stereocenters. The number of anilines is 2. The second kappa shape index (κ2) is 7.40. The number of aromatic nitrogens is 2. The smallest absolute Gasteiger partial charge is 0.253 e. The Hall–Kier alpha value is -2.47. The number of carbonyl (C=O) groups is 1. The van der Waals surface area contributed by atoms with E-state index in [9.17, 15) is 4.79 Å². The third-order valence-corrected chi connectivity index (χ3v) is 3.91. The first-order chi connectivity index (χ1) is 11.6. The Morgan fingerprint density at radius 3 is 2.71 bits per heavy atom. The number of hydrogen-bond acceptors (Lipinski definition) is 5. The first kappa shape index (κ1) is 16.4. The summed E-state index contributed by atoms with van der Waals surface area (Å²) in [6, 6.07) is 9.26. The summed E-state index contributed by atoms with van der Waals surface area (Å²) in [6.07, 6.45) is 2.18. The Morgan fingerprint density at radius 2 is 2.00 bits per heavy atom.